The maximum atomic E-state index is 6.18. The number of hydrogen-bond acceptors (Lipinski definition) is 1. The van der Waals surface area contributed by atoms with Crippen LogP contribution in [0.1, 0.15) is 40.5 Å². The van der Waals surface area contributed by atoms with E-state index in [9.17, 15) is 0 Å². The van der Waals surface area contributed by atoms with E-state index in [2.05, 4.69) is 27.7 Å². The summed E-state index contributed by atoms with van der Waals surface area (Å²) in [6, 6.07) is 0. The molecule has 0 radical (unpaired) electrons. The van der Waals surface area contributed by atoms with Crippen molar-refractivity contribution in [1.29, 1.82) is 0 Å². The van der Waals surface area contributed by atoms with Gasteiger partial charge in [0, 0.05) is 5.54 Å². The molecule has 2 N–H and O–H groups in total. The summed E-state index contributed by atoms with van der Waals surface area (Å²) in [6.07, 6.45) is 2.41. The minimum absolute atomic E-state index is 0.0973. The lowest BCUT2D eigenvalue weighted by molar-refractivity contribution is 0.362. The van der Waals surface area contributed by atoms with Gasteiger partial charge in [0.25, 0.3) is 0 Å². The molecule has 1 aliphatic rings. The zero-order valence-electron chi connectivity index (χ0n) is 8.22. The highest BCUT2D eigenvalue weighted by atomic mass is 14.8. The Kier molecular flexibility index (Phi) is 2.29. The van der Waals surface area contributed by atoms with Crippen molar-refractivity contribution in [1.82, 2.24) is 0 Å². The molecule has 0 saturated heterocycles. The highest BCUT2D eigenvalue weighted by Crippen LogP contribution is 2.54. The molecule has 0 aromatic heterocycles. The van der Waals surface area contributed by atoms with E-state index < -0.39 is 0 Å². The summed E-state index contributed by atoms with van der Waals surface area (Å²) in [4.78, 5) is 0. The third-order valence-corrected chi connectivity index (χ3v) is 3.56. The fraction of sp³-hybridized carbons (Fsp3) is 1.00. The predicted octanol–water partition coefficient (Wildman–Crippen LogP) is 2.41. The van der Waals surface area contributed by atoms with Crippen LogP contribution in [-0.2, 0) is 0 Å². The third-order valence-electron chi connectivity index (χ3n) is 3.56. The lowest BCUT2D eigenvalue weighted by atomic mass is 9.91. The molecule has 1 rings (SSSR count). The van der Waals surface area contributed by atoms with Crippen LogP contribution in [-0.4, -0.2) is 5.54 Å². The van der Waals surface area contributed by atoms with Gasteiger partial charge in [-0.1, -0.05) is 27.2 Å². The SMILES string of the molecule is CCC1C(C)C1[C@@](C)(N)CC. The van der Waals surface area contributed by atoms with Crippen molar-refractivity contribution in [3.63, 3.8) is 0 Å². The van der Waals surface area contributed by atoms with Gasteiger partial charge in [0.1, 0.15) is 0 Å². The van der Waals surface area contributed by atoms with Gasteiger partial charge < -0.3 is 5.73 Å². The summed E-state index contributed by atoms with van der Waals surface area (Å²) in [7, 11) is 0. The first kappa shape index (κ1) is 9.05. The summed E-state index contributed by atoms with van der Waals surface area (Å²) >= 11 is 0. The Bertz CT molecular complexity index is 140. The Hall–Kier alpha value is -0.0400. The lowest BCUT2D eigenvalue weighted by Gasteiger charge is -2.23. The van der Waals surface area contributed by atoms with E-state index in [1.54, 1.807) is 0 Å². The molecular weight excluding hydrogens is 134 g/mol. The van der Waals surface area contributed by atoms with Gasteiger partial charge in [-0.3, -0.25) is 0 Å². The summed E-state index contributed by atoms with van der Waals surface area (Å²) in [6.45, 7) is 8.99. The zero-order valence-corrected chi connectivity index (χ0v) is 8.22. The molecule has 0 amide bonds. The molecule has 1 saturated carbocycles. The second-order valence-electron chi connectivity index (χ2n) is 4.32. The maximum absolute atomic E-state index is 6.18. The average Bonchev–Trinajstić information content (AvgIpc) is 2.61. The largest absolute Gasteiger partial charge is 0.325 e. The van der Waals surface area contributed by atoms with Gasteiger partial charge in [0.15, 0.2) is 0 Å². The Morgan fingerprint density at radius 2 is 1.91 bits per heavy atom. The van der Waals surface area contributed by atoms with Gasteiger partial charge in [-0.2, -0.15) is 0 Å². The molecule has 0 aliphatic heterocycles. The summed E-state index contributed by atoms with van der Waals surface area (Å²) in [5.74, 6) is 2.57. The first-order valence-electron chi connectivity index (χ1n) is 4.83. The number of rotatable bonds is 3. The summed E-state index contributed by atoms with van der Waals surface area (Å²) in [5.41, 5.74) is 6.28. The zero-order chi connectivity index (χ0) is 8.65. The molecule has 0 aromatic rings. The van der Waals surface area contributed by atoms with Gasteiger partial charge in [0.05, 0.1) is 0 Å². The quantitative estimate of drug-likeness (QED) is 0.665. The van der Waals surface area contributed by atoms with Crippen molar-refractivity contribution in [2.75, 3.05) is 0 Å². The molecule has 0 bridgehead atoms. The highest BCUT2D eigenvalue weighted by Gasteiger charge is 2.52. The highest BCUT2D eigenvalue weighted by molar-refractivity contribution is 5.05. The molecule has 1 nitrogen and oxygen atoms in total. The van der Waals surface area contributed by atoms with E-state index in [0.29, 0.717) is 0 Å². The van der Waals surface area contributed by atoms with E-state index in [-0.39, 0.29) is 5.54 Å². The molecule has 66 valence electrons. The average molecular weight is 155 g/mol. The molecule has 0 aromatic carbocycles. The van der Waals surface area contributed by atoms with Crippen molar-refractivity contribution in [2.24, 2.45) is 23.5 Å². The molecule has 1 aliphatic carbocycles. The van der Waals surface area contributed by atoms with E-state index in [1.165, 1.54) is 6.42 Å². The minimum atomic E-state index is 0.0973. The number of hydrogen-bond donors (Lipinski definition) is 1. The fourth-order valence-corrected chi connectivity index (χ4v) is 2.50. The second kappa shape index (κ2) is 2.78. The van der Waals surface area contributed by atoms with E-state index in [1.807, 2.05) is 0 Å². The maximum Gasteiger partial charge on any atom is 0.0157 e. The van der Waals surface area contributed by atoms with Crippen molar-refractivity contribution in [3.05, 3.63) is 0 Å². The van der Waals surface area contributed by atoms with Crippen molar-refractivity contribution < 1.29 is 0 Å². The van der Waals surface area contributed by atoms with Crippen LogP contribution in [0.25, 0.3) is 0 Å². The fourth-order valence-electron chi connectivity index (χ4n) is 2.50. The van der Waals surface area contributed by atoms with Gasteiger partial charge in [0.2, 0.25) is 0 Å². The van der Waals surface area contributed by atoms with Crippen molar-refractivity contribution in [2.45, 2.75) is 46.1 Å². The van der Waals surface area contributed by atoms with Gasteiger partial charge in [-0.25, -0.2) is 0 Å². The molecule has 0 heterocycles. The van der Waals surface area contributed by atoms with Crippen LogP contribution >= 0.6 is 0 Å². The Balaban J connectivity index is 2.51. The van der Waals surface area contributed by atoms with Crippen LogP contribution in [0.15, 0.2) is 0 Å². The second-order valence-corrected chi connectivity index (χ2v) is 4.32. The van der Waals surface area contributed by atoms with Gasteiger partial charge >= 0.3 is 0 Å². The van der Waals surface area contributed by atoms with Crippen LogP contribution in [0.3, 0.4) is 0 Å². The van der Waals surface area contributed by atoms with E-state index >= 15 is 0 Å². The molecule has 1 heteroatoms. The molecular formula is C10H21N. The molecule has 3 unspecified atom stereocenters. The molecule has 11 heavy (non-hydrogen) atoms. The van der Waals surface area contributed by atoms with Crippen molar-refractivity contribution in [3.8, 4) is 0 Å². The standard InChI is InChI=1S/C10H21N/c1-5-8-7(3)9(8)10(4,11)6-2/h7-9H,5-6,11H2,1-4H3/t7?,8?,9?,10-/m0/s1. The summed E-state index contributed by atoms with van der Waals surface area (Å²) in [5, 5.41) is 0. The number of nitrogens with two attached hydrogens (primary N) is 1. The predicted molar refractivity (Wildman–Crippen MR) is 49.3 cm³/mol. The smallest absolute Gasteiger partial charge is 0.0157 e. The van der Waals surface area contributed by atoms with Gasteiger partial charge in [-0.15, -0.1) is 0 Å². The first-order chi connectivity index (χ1) is 5.04. The summed E-state index contributed by atoms with van der Waals surface area (Å²) < 4.78 is 0. The minimum Gasteiger partial charge on any atom is -0.325 e. The van der Waals surface area contributed by atoms with E-state index in [4.69, 9.17) is 5.73 Å². The topological polar surface area (TPSA) is 26.0 Å². The van der Waals surface area contributed by atoms with E-state index in [0.717, 1.165) is 24.2 Å². The normalized spacial score (nSPS) is 41.7. The Morgan fingerprint density at radius 3 is 2.18 bits per heavy atom. The Morgan fingerprint density at radius 1 is 1.36 bits per heavy atom. The Labute approximate surface area is 70.4 Å². The van der Waals surface area contributed by atoms with Crippen molar-refractivity contribution >= 4 is 0 Å². The first-order valence-corrected chi connectivity index (χ1v) is 4.83. The van der Waals surface area contributed by atoms with Gasteiger partial charge in [-0.05, 0) is 31.1 Å². The third kappa shape index (κ3) is 1.44. The monoisotopic (exact) mass is 155 g/mol. The molecule has 4 atom stereocenters. The van der Waals surface area contributed by atoms with Crippen LogP contribution < -0.4 is 5.73 Å². The van der Waals surface area contributed by atoms with Crippen LogP contribution in [0, 0.1) is 17.8 Å². The van der Waals surface area contributed by atoms with Crippen LogP contribution in [0.4, 0.5) is 0 Å². The molecule has 0 spiro atoms. The lowest BCUT2D eigenvalue weighted by Crippen LogP contribution is -2.38. The van der Waals surface area contributed by atoms with Crippen LogP contribution in [0.2, 0.25) is 0 Å². The molecule has 1 fully saturated rings. The van der Waals surface area contributed by atoms with Crippen LogP contribution in [0.5, 0.6) is 0 Å².